The zero-order chi connectivity index (χ0) is 30.6. The van der Waals surface area contributed by atoms with Crippen molar-refractivity contribution in [2.24, 2.45) is 11.3 Å². The van der Waals surface area contributed by atoms with Crippen molar-refractivity contribution in [1.82, 2.24) is 19.3 Å². The maximum absolute atomic E-state index is 14.7. The number of aromatic nitrogens is 4. The third kappa shape index (κ3) is 5.10. The molecule has 224 valence electrons. The summed E-state index contributed by atoms with van der Waals surface area (Å²) >= 11 is 0. The summed E-state index contributed by atoms with van der Waals surface area (Å²) in [5.74, 6) is -2.44. The number of rotatable bonds is 6. The van der Waals surface area contributed by atoms with Gasteiger partial charge in [0.25, 0.3) is 5.91 Å². The summed E-state index contributed by atoms with van der Waals surface area (Å²) in [5, 5.41) is 5.04. The normalized spacial score (nSPS) is 18.1. The molecule has 10 heteroatoms. The van der Waals surface area contributed by atoms with Crippen LogP contribution in [-0.2, 0) is 19.7 Å². The Hall–Kier alpha value is -3.66. The van der Waals surface area contributed by atoms with Gasteiger partial charge in [-0.15, -0.1) is 0 Å². The van der Waals surface area contributed by atoms with Crippen LogP contribution < -0.4 is 0 Å². The fourth-order valence-corrected chi connectivity index (χ4v) is 6.30. The Morgan fingerprint density at radius 2 is 1.69 bits per heavy atom. The Balaban J connectivity index is 1.84. The van der Waals surface area contributed by atoms with Crippen LogP contribution >= 0.6 is 0 Å². The first-order valence-corrected chi connectivity index (χ1v) is 14.3. The van der Waals surface area contributed by atoms with E-state index in [9.17, 15) is 18.4 Å². The Morgan fingerprint density at radius 3 is 2.29 bits per heavy atom. The highest BCUT2D eigenvalue weighted by atomic mass is 19.2. The molecular weight excluding hydrogens is 542 g/mol. The number of fused-ring (bicyclic) bond motifs is 2. The molecule has 5 rings (SSSR count). The number of hydrogen-bond donors (Lipinski definition) is 0. The van der Waals surface area contributed by atoms with Crippen LogP contribution in [0.4, 0.5) is 8.78 Å². The molecule has 3 heterocycles. The maximum Gasteiger partial charge on any atom is 0.308 e. The summed E-state index contributed by atoms with van der Waals surface area (Å²) in [6.07, 6.45) is 4.35. The Bertz CT molecular complexity index is 1670. The zero-order valence-corrected chi connectivity index (χ0v) is 25.3. The largest absolute Gasteiger partial charge is 0.469 e. The number of carbonyl (C=O) groups excluding carboxylic acids is 2. The first kappa shape index (κ1) is 29.8. The van der Waals surface area contributed by atoms with Crippen LogP contribution in [-0.4, -0.2) is 52.0 Å². The van der Waals surface area contributed by atoms with Crippen molar-refractivity contribution in [2.75, 3.05) is 20.8 Å². The SMILES string of the molecule is COCC(C)(C)c1c(C2CCC(C(=O)OC)CC2)c2nc3c(cnn3C(=O)C(C)(C)C)cc2n1-c1ccc(F)c(F)c1. The maximum atomic E-state index is 14.7. The van der Waals surface area contributed by atoms with Crippen molar-refractivity contribution in [3.63, 3.8) is 0 Å². The quantitative estimate of drug-likeness (QED) is 0.236. The van der Waals surface area contributed by atoms with Crippen molar-refractivity contribution in [2.45, 2.75) is 71.6 Å². The summed E-state index contributed by atoms with van der Waals surface area (Å²) in [5.41, 5.74) is 2.81. The molecule has 0 atom stereocenters. The summed E-state index contributed by atoms with van der Waals surface area (Å²) in [4.78, 5) is 30.7. The predicted molar refractivity (Wildman–Crippen MR) is 156 cm³/mol. The van der Waals surface area contributed by atoms with E-state index in [2.05, 4.69) is 18.9 Å². The highest BCUT2D eigenvalue weighted by molar-refractivity contribution is 5.98. The summed E-state index contributed by atoms with van der Waals surface area (Å²) in [6, 6.07) is 5.78. The molecule has 1 saturated carbocycles. The van der Waals surface area contributed by atoms with Gasteiger partial charge in [-0.3, -0.25) is 9.59 Å². The second kappa shape index (κ2) is 10.9. The first-order valence-electron chi connectivity index (χ1n) is 14.3. The summed E-state index contributed by atoms with van der Waals surface area (Å²) < 4.78 is 42.7. The average Bonchev–Trinajstić information content (AvgIpc) is 3.51. The number of carbonyl (C=O) groups is 2. The molecule has 8 nitrogen and oxygen atoms in total. The van der Waals surface area contributed by atoms with E-state index in [4.69, 9.17) is 14.5 Å². The lowest BCUT2D eigenvalue weighted by Gasteiger charge is -2.32. The van der Waals surface area contributed by atoms with Gasteiger partial charge in [-0.05, 0) is 49.8 Å². The van der Waals surface area contributed by atoms with E-state index in [0.29, 0.717) is 60.0 Å². The van der Waals surface area contributed by atoms with E-state index >= 15 is 0 Å². The van der Waals surface area contributed by atoms with E-state index in [-0.39, 0.29) is 23.7 Å². The third-order valence-corrected chi connectivity index (χ3v) is 8.31. The predicted octanol–water partition coefficient (Wildman–Crippen LogP) is 6.71. The second-order valence-corrected chi connectivity index (χ2v) is 13.0. The molecule has 4 aromatic rings. The van der Waals surface area contributed by atoms with Crippen molar-refractivity contribution in [1.29, 1.82) is 0 Å². The first-order chi connectivity index (χ1) is 19.8. The molecule has 0 unspecified atom stereocenters. The Kier molecular flexibility index (Phi) is 7.72. The molecule has 0 saturated heterocycles. The zero-order valence-electron chi connectivity index (χ0n) is 25.3. The number of benzene rings is 1. The highest BCUT2D eigenvalue weighted by Gasteiger charge is 2.38. The van der Waals surface area contributed by atoms with Crippen LogP contribution in [0.3, 0.4) is 0 Å². The van der Waals surface area contributed by atoms with Crippen LogP contribution in [0, 0.1) is 23.0 Å². The van der Waals surface area contributed by atoms with Gasteiger partial charge in [0.1, 0.15) is 0 Å². The minimum atomic E-state index is -0.956. The lowest BCUT2D eigenvalue weighted by Crippen LogP contribution is -2.30. The van der Waals surface area contributed by atoms with Gasteiger partial charge < -0.3 is 14.0 Å². The minimum Gasteiger partial charge on any atom is -0.469 e. The molecule has 0 amide bonds. The van der Waals surface area contributed by atoms with Crippen LogP contribution in [0.1, 0.15) is 82.3 Å². The van der Waals surface area contributed by atoms with Crippen molar-refractivity contribution >= 4 is 33.9 Å². The number of esters is 1. The smallest absolute Gasteiger partial charge is 0.308 e. The molecule has 3 aromatic heterocycles. The molecular formula is C32H38F2N4O4. The summed E-state index contributed by atoms with van der Waals surface area (Å²) in [7, 11) is 3.04. The number of methoxy groups -OCH3 is 2. The van der Waals surface area contributed by atoms with E-state index in [1.807, 2.05) is 31.4 Å². The van der Waals surface area contributed by atoms with Gasteiger partial charge in [0, 0.05) is 46.3 Å². The highest BCUT2D eigenvalue weighted by Crippen LogP contribution is 2.46. The van der Waals surface area contributed by atoms with Gasteiger partial charge in [0.15, 0.2) is 17.3 Å². The molecule has 1 aliphatic carbocycles. The van der Waals surface area contributed by atoms with Crippen molar-refractivity contribution in [3.8, 4) is 5.69 Å². The number of hydrogen-bond acceptors (Lipinski definition) is 6. The molecule has 1 aromatic carbocycles. The second-order valence-electron chi connectivity index (χ2n) is 13.0. The monoisotopic (exact) mass is 580 g/mol. The van der Waals surface area contributed by atoms with Gasteiger partial charge in [-0.2, -0.15) is 9.78 Å². The van der Waals surface area contributed by atoms with Gasteiger partial charge in [0.2, 0.25) is 0 Å². The van der Waals surface area contributed by atoms with Crippen LogP contribution in [0.5, 0.6) is 0 Å². The van der Waals surface area contributed by atoms with Crippen molar-refractivity contribution < 1.29 is 27.8 Å². The van der Waals surface area contributed by atoms with Gasteiger partial charge in [-0.25, -0.2) is 13.8 Å². The van der Waals surface area contributed by atoms with E-state index in [1.165, 1.54) is 17.9 Å². The molecule has 1 fully saturated rings. The molecule has 0 radical (unpaired) electrons. The average molecular weight is 581 g/mol. The molecule has 1 aliphatic rings. The van der Waals surface area contributed by atoms with Crippen LogP contribution in [0.25, 0.3) is 27.8 Å². The molecule has 0 aliphatic heterocycles. The number of halogens is 2. The molecule has 42 heavy (non-hydrogen) atoms. The molecule has 0 bridgehead atoms. The van der Waals surface area contributed by atoms with Gasteiger partial charge in [0.05, 0.1) is 36.9 Å². The number of pyridine rings is 1. The van der Waals surface area contributed by atoms with Crippen LogP contribution in [0.15, 0.2) is 30.5 Å². The third-order valence-electron chi connectivity index (χ3n) is 8.31. The van der Waals surface area contributed by atoms with E-state index in [1.54, 1.807) is 19.4 Å². The topological polar surface area (TPSA) is 88.2 Å². The number of nitrogens with zero attached hydrogens (tertiary/aromatic N) is 4. The van der Waals surface area contributed by atoms with Crippen LogP contribution in [0.2, 0.25) is 0 Å². The number of ether oxygens (including phenoxy) is 2. The minimum absolute atomic E-state index is 0.0192. The fraction of sp³-hybridized carbons (Fsp3) is 0.500. The lowest BCUT2D eigenvalue weighted by atomic mass is 9.75. The lowest BCUT2D eigenvalue weighted by molar-refractivity contribution is -0.146. The Labute approximate surface area is 244 Å². The Morgan fingerprint density at radius 1 is 1.00 bits per heavy atom. The van der Waals surface area contributed by atoms with Gasteiger partial charge in [-0.1, -0.05) is 34.6 Å². The van der Waals surface area contributed by atoms with E-state index < -0.39 is 22.5 Å². The molecule has 0 spiro atoms. The summed E-state index contributed by atoms with van der Waals surface area (Å²) in [6.45, 7) is 9.95. The van der Waals surface area contributed by atoms with Gasteiger partial charge >= 0.3 is 5.97 Å². The van der Waals surface area contributed by atoms with E-state index in [0.717, 1.165) is 17.3 Å². The standard InChI is InChI=1S/C32H38F2N4O4/c1-31(2,3)30(40)38-28-20(16-35-38)14-24-26(36-28)25(18-8-10-19(11-9-18)29(39)42-7)27(32(4,5)17-41-6)37(24)21-12-13-22(33)23(34)15-21/h12-16,18-19H,8-11,17H2,1-7H3. The fourth-order valence-electron chi connectivity index (χ4n) is 6.30. The molecule has 0 N–H and O–H groups in total. The van der Waals surface area contributed by atoms with Crippen molar-refractivity contribution in [3.05, 3.63) is 53.4 Å².